The largest absolute Gasteiger partial charge is 0.471 e. The number of halogens is 6. The number of fused-ring (bicyclic) bond motifs is 2. The molecule has 0 bridgehead atoms. The Morgan fingerprint density at radius 3 is 1.21 bits per heavy atom. The maximum absolute atomic E-state index is 13.8. The number of hydrogen-bond acceptors (Lipinski definition) is 26. The van der Waals surface area contributed by atoms with Crippen molar-refractivity contribution in [2.75, 3.05) is 75.5 Å². The zero-order valence-electron chi connectivity index (χ0n) is 61.2. The van der Waals surface area contributed by atoms with Gasteiger partial charge in [0, 0.05) is 113 Å². The molecule has 0 fully saturated rings. The summed E-state index contributed by atoms with van der Waals surface area (Å²) in [5.41, 5.74) is 6.39. The number of Topliss-reactive ketones (excluding diaryl/α,β-unsaturated/α-hetero) is 5. The first-order valence-corrected chi connectivity index (χ1v) is 35.4. The van der Waals surface area contributed by atoms with Crippen LogP contribution in [0.4, 0.5) is 49.6 Å². The van der Waals surface area contributed by atoms with Gasteiger partial charge in [-0.3, -0.25) is 72.5 Å². The normalized spacial score (nSPS) is 12.2. The molecule has 6 aromatic rings. The van der Waals surface area contributed by atoms with Crippen molar-refractivity contribution in [3.05, 3.63) is 104 Å². The average Bonchev–Trinajstić information content (AvgIpc) is 0.801. The monoisotopic (exact) mass is 1550 g/mol. The lowest BCUT2D eigenvalue weighted by atomic mass is 9.75. The van der Waals surface area contributed by atoms with Crippen molar-refractivity contribution < 1.29 is 98.0 Å². The van der Waals surface area contributed by atoms with Crippen molar-refractivity contribution in [1.29, 1.82) is 0 Å². The summed E-state index contributed by atoms with van der Waals surface area (Å²) in [6.07, 6.45) is -3.36. The van der Waals surface area contributed by atoms with Gasteiger partial charge in [-0.15, -0.1) is 0 Å². The van der Waals surface area contributed by atoms with Gasteiger partial charge < -0.3 is 46.4 Å². The summed E-state index contributed by atoms with van der Waals surface area (Å²) in [7, 11) is 4.00. The van der Waals surface area contributed by atoms with Crippen molar-refractivity contribution in [2.45, 2.75) is 179 Å². The number of hydrogen-bond donors (Lipinski definition) is 7. The smallest absolute Gasteiger partial charge is 0.467 e. The molecular formula is C72H89F6N15O17. The van der Waals surface area contributed by atoms with Crippen LogP contribution in [0.5, 0.6) is 0 Å². The van der Waals surface area contributed by atoms with Crippen LogP contribution in [0.15, 0.2) is 70.5 Å². The van der Waals surface area contributed by atoms with E-state index >= 15 is 0 Å². The van der Waals surface area contributed by atoms with E-state index in [1.807, 2.05) is 14.0 Å². The summed E-state index contributed by atoms with van der Waals surface area (Å²) in [4.78, 5) is 196. The fourth-order valence-electron chi connectivity index (χ4n) is 11.5. The van der Waals surface area contributed by atoms with Crippen LogP contribution in [-0.2, 0) is 75.2 Å². The Morgan fingerprint density at radius 1 is 0.491 bits per heavy atom. The maximum atomic E-state index is 13.8. The van der Waals surface area contributed by atoms with Crippen LogP contribution < -0.4 is 48.3 Å². The van der Waals surface area contributed by atoms with Crippen LogP contribution >= 0.6 is 0 Å². The van der Waals surface area contributed by atoms with E-state index < -0.39 is 89.6 Å². The second-order valence-corrected chi connectivity index (χ2v) is 26.3. The minimum absolute atomic E-state index is 0.0454. The zero-order valence-corrected chi connectivity index (χ0v) is 61.2. The third-order valence-electron chi connectivity index (χ3n) is 17.5. The number of unbranched alkanes of at least 4 members (excludes halogenated alkanes) is 2. The average molecular weight is 1550 g/mol. The summed E-state index contributed by atoms with van der Waals surface area (Å²) in [5, 5.41) is 8.02. The number of amides is 4. The van der Waals surface area contributed by atoms with Crippen molar-refractivity contribution >= 4 is 110 Å². The topological polar surface area (TPSA) is 462 Å². The minimum atomic E-state index is -5.35. The number of nitrogens with zero attached hydrogens (tertiary/aromatic N) is 8. The number of methoxy groups -OCH3 is 2. The second-order valence-electron chi connectivity index (χ2n) is 26.3. The lowest BCUT2D eigenvalue weighted by molar-refractivity contribution is -0.170. The number of nitrogens with two attached hydrogens (primary N) is 2. The quantitative estimate of drug-likeness (QED) is 0.0120. The lowest BCUT2D eigenvalue weighted by Crippen LogP contribution is -2.42. The van der Waals surface area contributed by atoms with Crippen molar-refractivity contribution in [2.24, 2.45) is 5.41 Å². The molecule has 0 spiro atoms. The molecule has 0 saturated heterocycles. The van der Waals surface area contributed by atoms with Gasteiger partial charge in [0.15, 0.2) is 22.3 Å². The van der Waals surface area contributed by atoms with Gasteiger partial charge in [0.25, 0.3) is 22.9 Å². The van der Waals surface area contributed by atoms with Crippen LogP contribution in [0.2, 0.25) is 0 Å². The van der Waals surface area contributed by atoms with Gasteiger partial charge in [0.05, 0.1) is 51.1 Å². The number of ether oxygens (including phenoxy) is 4. The first-order chi connectivity index (χ1) is 52.2. The molecule has 6 rings (SSSR count). The zero-order chi connectivity index (χ0) is 80.7. The Kier molecular flexibility index (Phi) is 34.2. The van der Waals surface area contributed by atoms with E-state index in [-0.39, 0.29) is 194 Å². The van der Waals surface area contributed by atoms with Crippen LogP contribution in [0, 0.1) is 5.41 Å². The first kappa shape index (κ1) is 88.0. The third-order valence-corrected chi connectivity index (χ3v) is 17.5. The highest BCUT2D eigenvalue weighted by atomic mass is 19.4. The van der Waals surface area contributed by atoms with Gasteiger partial charge in [-0.25, -0.2) is 29.5 Å². The number of alkyl halides is 6. The van der Waals surface area contributed by atoms with Crippen molar-refractivity contribution in [3.63, 3.8) is 0 Å². The van der Waals surface area contributed by atoms with Gasteiger partial charge in [-0.1, -0.05) is 13.3 Å². The summed E-state index contributed by atoms with van der Waals surface area (Å²) in [5.74, 6) is -9.18. The predicted molar refractivity (Wildman–Crippen MR) is 384 cm³/mol. The SMILES string of the molecule is CNCCCCCC(=O)CC(C)(CCC(=O)CCCOCCCC(=O)CC[C@H](NC(=O)c1ccc(N(Cc2cnc3nc(N)[nH]c(=O)c3n2)C(=O)C(F)(F)F)cc1)C(=O)OC)CCC(=O)CCCOCCCC(=O)CC[C@H](NC(=O)c1ccc(N(Cc2cnc3nc(N)[nH]c(=O)c3n2)C(=O)C(F)(F)F)cc1)C(=O)OC. The standard InChI is InChI=1S/C72H89F6N15O17/c1-70(38-53(98)12-6-5-7-33-81-2,31-29-51(96)15-10-36-109-34-8-13-49(94)25-27-54(64(103)107-3)86-60(99)43-17-21-47(22-18-43)92(66(105)71(73,74)75)41-45-39-82-58-56(84-45)62(101)90-68(79)88-58)32-30-52(97)16-11-37-110-35-9-14-50(95)26-28-55(65(104)108-4)87-61(100)44-19-23-48(24-20-44)93(67(106)72(76,77)78)42-46-40-83-59-57(85-46)63(102)91-69(80)89-59/h17-24,39-40,54-55,81H,5-16,25-38,41-42H2,1-4H3,(H,86,99)(H,87,100)(H3,79,82,88,90,101)(H3,80,83,89,91,102)/t54-,55-/m0/s1. The van der Waals surface area contributed by atoms with E-state index in [2.05, 4.69) is 55.8 Å². The van der Waals surface area contributed by atoms with Crippen LogP contribution in [0.25, 0.3) is 22.3 Å². The molecule has 0 radical (unpaired) electrons. The number of nitrogens with one attached hydrogen (secondary N) is 5. The molecular weight excluding hydrogens is 1460 g/mol. The molecule has 0 saturated carbocycles. The molecule has 38 heteroatoms. The fraction of sp³-hybridized carbons (Fsp3) is 0.514. The van der Waals surface area contributed by atoms with Crippen LogP contribution in [0.3, 0.4) is 0 Å². The van der Waals surface area contributed by atoms with E-state index in [0.717, 1.165) is 94.5 Å². The Labute approximate surface area is 626 Å². The summed E-state index contributed by atoms with van der Waals surface area (Å²) < 4.78 is 104. The molecule has 596 valence electrons. The predicted octanol–water partition coefficient (Wildman–Crippen LogP) is 6.63. The minimum Gasteiger partial charge on any atom is -0.467 e. The number of aromatic nitrogens is 8. The van der Waals surface area contributed by atoms with Gasteiger partial charge in [-0.05, 0) is 132 Å². The van der Waals surface area contributed by atoms with E-state index in [1.54, 1.807) is 0 Å². The van der Waals surface area contributed by atoms with Crippen LogP contribution in [0.1, 0.15) is 174 Å². The number of ketones is 5. The van der Waals surface area contributed by atoms with E-state index in [9.17, 15) is 88.7 Å². The molecule has 0 aliphatic carbocycles. The van der Waals surface area contributed by atoms with E-state index in [1.165, 1.54) is 0 Å². The Balaban J connectivity index is 0.866. The highest BCUT2D eigenvalue weighted by Gasteiger charge is 2.45. The molecule has 32 nitrogen and oxygen atoms in total. The molecule has 0 aliphatic heterocycles. The summed E-state index contributed by atoms with van der Waals surface area (Å²) in [6, 6.07) is 6.05. The Bertz CT molecular complexity index is 4080. The highest BCUT2D eigenvalue weighted by molar-refractivity contribution is 6.01. The second kappa shape index (κ2) is 42.8. The van der Waals surface area contributed by atoms with Gasteiger partial charge in [0.2, 0.25) is 11.9 Å². The summed E-state index contributed by atoms with van der Waals surface area (Å²) in [6.45, 7) is 1.89. The van der Waals surface area contributed by atoms with Crippen molar-refractivity contribution in [1.82, 2.24) is 55.8 Å². The molecule has 0 unspecified atom stereocenters. The first-order valence-electron chi connectivity index (χ1n) is 35.4. The number of esters is 2. The number of anilines is 4. The number of carbonyl (C=O) groups excluding carboxylic acids is 11. The third kappa shape index (κ3) is 28.6. The van der Waals surface area contributed by atoms with E-state index in [0.29, 0.717) is 61.2 Å². The van der Waals surface area contributed by atoms with Gasteiger partial charge in [-0.2, -0.15) is 36.3 Å². The maximum Gasteiger partial charge on any atom is 0.471 e. The van der Waals surface area contributed by atoms with Crippen molar-refractivity contribution in [3.8, 4) is 0 Å². The molecule has 2 atom stereocenters. The molecule has 4 heterocycles. The summed E-state index contributed by atoms with van der Waals surface area (Å²) >= 11 is 0. The van der Waals surface area contributed by atoms with Gasteiger partial charge >= 0.3 is 36.1 Å². The Hall–Kier alpha value is -10.9. The molecule has 4 amide bonds. The molecule has 2 aromatic carbocycles. The Morgan fingerprint density at radius 2 is 0.855 bits per heavy atom. The van der Waals surface area contributed by atoms with E-state index in [4.69, 9.17) is 30.4 Å². The fourth-order valence-corrected chi connectivity index (χ4v) is 11.5. The molecule has 0 aliphatic rings. The number of aromatic amines is 2. The van der Waals surface area contributed by atoms with Crippen LogP contribution in [-0.4, -0.2) is 183 Å². The number of rotatable bonds is 48. The highest BCUT2D eigenvalue weighted by Crippen LogP contribution is 2.36. The molecule has 4 aromatic heterocycles. The molecule has 110 heavy (non-hydrogen) atoms. The number of H-pyrrole nitrogens is 2. The van der Waals surface area contributed by atoms with Gasteiger partial charge in [0.1, 0.15) is 41.0 Å². The number of nitrogen functional groups attached to an aromatic ring is 2. The lowest BCUT2D eigenvalue weighted by Gasteiger charge is -2.29. The molecule has 9 N–H and O–H groups in total. The number of carbonyl (C=O) groups is 11. The number of benzene rings is 2.